The summed E-state index contributed by atoms with van der Waals surface area (Å²) in [4.78, 5) is 30.5. The molecule has 2 aromatic heterocycles. The molecule has 3 heterocycles. The van der Waals surface area contributed by atoms with E-state index in [9.17, 15) is 9.59 Å². The molecule has 0 radical (unpaired) electrons. The van der Waals surface area contributed by atoms with Crippen LogP contribution < -0.4 is 16.2 Å². The highest BCUT2D eigenvalue weighted by molar-refractivity contribution is 7.12. The maximum atomic E-state index is 12.7. The van der Waals surface area contributed by atoms with E-state index in [-0.39, 0.29) is 24.2 Å². The minimum atomic E-state index is -0.413. The fraction of sp³-hybridized carbons (Fsp3) is 0.474. The Morgan fingerprint density at radius 1 is 1.22 bits per heavy atom. The lowest BCUT2D eigenvalue weighted by atomic mass is 10.1. The Kier molecular flexibility index (Phi) is 5.69. The van der Waals surface area contributed by atoms with Crippen LogP contribution in [0.5, 0.6) is 0 Å². The second-order valence-electron chi connectivity index (χ2n) is 7.13. The van der Waals surface area contributed by atoms with E-state index in [4.69, 9.17) is 4.74 Å². The zero-order chi connectivity index (χ0) is 19.7. The Hall–Kier alpha value is -2.16. The largest absolute Gasteiger partial charge is 0.459 e. The van der Waals surface area contributed by atoms with Crippen LogP contribution in [0.1, 0.15) is 68.2 Å². The van der Waals surface area contributed by atoms with Crippen molar-refractivity contribution in [2.75, 3.05) is 0 Å². The second kappa shape index (κ2) is 7.84. The highest BCUT2D eigenvalue weighted by Gasteiger charge is 2.29. The number of aryl methyl sites for hydroxylation is 2. The molecule has 146 valence electrons. The summed E-state index contributed by atoms with van der Waals surface area (Å²) in [5.74, 6) is -0.661. The molecule has 7 nitrogen and oxygen atoms in total. The summed E-state index contributed by atoms with van der Waals surface area (Å²) >= 11 is 1.75. The van der Waals surface area contributed by atoms with Crippen LogP contribution >= 0.6 is 11.3 Å². The van der Waals surface area contributed by atoms with Crippen molar-refractivity contribution in [3.05, 3.63) is 44.4 Å². The van der Waals surface area contributed by atoms with Crippen LogP contribution in [0.15, 0.2) is 12.1 Å². The molecule has 1 aliphatic heterocycles. The van der Waals surface area contributed by atoms with E-state index in [0.29, 0.717) is 22.5 Å². The molecule has 1 amide bonds. The summed E-state index contributed by atoms with van der Waals surface area (Å²) in [5.41, 5.74) is 8.40. The molecule has 0 saturated carbocycles. The first-order valence-electron chi connectivity index (χ1n) is 9.04. The van der Waals surface area contributed by atoms with Gasteiger partial charge in [-0.1, -0.05) is 0 Å². The van der Waals surface area contributed by atoms with Crippen LogP contribution in [0.2, 0.25) is 0 Å². The van der Waals surface area contributed by atoms with Gasteiger partial charge < -0.3 is 15.0 Å². The molecule has 2 atom stereocenters. The number of hydrogen-bond acceptors (Lipinski definition) is 6. The van der Waals surface area contributed by atoms with E-state index >= 15 is 0 Å². The molecule has 27 heavy (non-hydrogen) atoms. The number of carbonyl (C=O) groups excluding carboxylic acids is 2. The number of H-pyrrole nitrogens is 1. The second-order valence-corrected chi connectivity index (χ2v) is 8.45. The van der Waals surface area contributed by atoms with Gasteiger partial charge in [0.05, 0.1) is 23.9 Å². The Balaban J connectivity index is 1.67. The van der Waals surface area contributed by atoms with E-state index in [1.165, 1.54) is 9.75 Å². The van der Waals surface area contributed by atoms with Gasteiger partial charge in [0.2, 0.25) is 0 Å². The quantitative estimate of drug-likeness (QED) is 0.589. The topological polar surface area (TPSA) is 95.2 Å². The number of aromatic amines is 1. The Labute approximate surface area is 162 Å². The van der Waals surface area contributed by atoms with Crippen LogP contribution in [0.3, 0.4) is 0 Å². The average molecular weight is 391 g/mol. The van der Waals surface area contributed by atoms with Gasteiger partial charge in [-0.15, -0.1) is 11.3 Å². The standard InChI is InChI=1S/C19H26N4O3S/c1-9(2)26-19(25)16-11(4)17(20-12(16)5)18(24)21-15-8-13(22-23-15)14-7-6-10(3)27-14/h6-7,9,13,15,20,22-23H,8H2,1-5H3,(H,21,24). The van der Waals surface area contributed by atoms with E-state index in [1.54, 1.807) is 39.0 Å². The number of ether oxygens (including phenoxy) is 1. The van der Waals surface area contributed by atoms with Crippen molar-refractivity contribution >= 4 is 23.2 Å². The number of aromatic nitrogens is 1. The van der Waals surface area contributed by atoms with E-state index < -0.39 is 5.97 Å². The van der Waals surface area contributed by atoms with Gasteiger partial charge in [-0.3, -0.25) is 4.79 Å². The van der Waals surface area contributed by atoms with Gasteiger partial charge in [0.15, 0.2) is 0 Å². The summed E-state index contributed by atoms with van der Waals surface area (Å²) < 4.78 is 5.28. The van der Waals surface area contributed by atoms with Crippen molar-refractivity contribution in [3.8, 4) is 0 Å². The summed E-state index contributed by atoms with van der Waals surface area (Å²) in [6.45, 7) is 9.20. The first-order valence-corrected chi connectivity index (χ1v) is 9.86. The Bertz CT molecular complexity index is 855. The number of esters is 1. The first-order chi connectivity index (χ1) is 12.8. The van der Waals surface area contributed by atoms with Gasteiger partial charge in [-0.05, 0) is 52.3 Å². The average Bonchev–Trinajstić information content (AvgIpc) is 3.26. The normalized spacial score (nSPS) is 19.5. The molecule has 4 N–H and O–H groups in total. The molecule has 0 aliphatic carbocycles. The molecule has 1 aliphatic rings. The van der Waals surface area contributed by atoms with Crippen molar-refractivity contribution in [3.63, 3.8) is 0 Å². The van der Waals surface area contributed by atoms with Gasteiger partial charge in [-0.2, -0.15) is 0 Å². The summed E-state index contributed by atoms with van der Waals surface area (Å²) in [7, 11) is 0. The lowest BCUT2D eigenvalue weighted by Crippen LogP contribution is -2.44. The van der Waals surface area contributed by atoms with Crippen molar-refractivity contribution < 1.29 is 14.3 Å². The third-order valence-corrected chi connectivity index (χ3v) is 5.64. The molecule has 2 aromatic rings. The number of amides is 1. The molecule has 1 fully saturated rings. The number of rotatable bonds is 5. The van der Waals surface area contributed by atoms with Gasteiger partial charge in [-0.25, -0.2) is 15.6 Å². The third kappa shape index (κ3) is 4.23. The predicted molar refractivity (Wildman–Crippen MR) is 105 cm³/mol. The summed E-state index contributed by atoms with van der Waals surface area (Å²) in [5, 5.41) is 2.97. The fourth-order valence-corrected chi connectivity index (χ4v) is 4.21. The fourth-order valence-electron chi connectivity index (χ4n) is 3.26. The van der Waals surface area contributed by atoms with E-state index in [0.717, 1.165) is 6.42 Å². The van der Waals surface area contributed by atoms with Crippen LogP contribution in [0.4, 0.5) is 0 Å². The van der Waals surface area contributed by atoms with Crippen LogP contribution in [-0.4, -0.2) is 29.1 Å². The van der Waals surface area contributed by atoms with Gasteiger partial charge in [0, 0.05) is 21.9 Å². The predicted octanol–water partition coefficient (Wildman–Crippen LogP) is 2.86. The number of hydrazine groups is 1. The smallest absolute Gasteiger partial charge is 0.340 e. The minimum absolute atomic E-state index is 0.164. The summed E-state index contributed by atoms with van der Waals surface area (Å²) in [6.07, 6.45) is 0.334. The number of thiophene rings is 1. The van der Waals surface area contributed by atoms with Gasteiger partial charge in [0.25, 0.3) is 5.91 Å². The zero-order valence-corrected chi connectivity index (χ0v) is 17.0. The maximum absolute atomic E-state index is 12.7. The minimum Gasteiger partial charge on any atom is -0.459 e. The van der Waals surface area contributed by atoms with Crippen molar-refractivity contribution in [2.24, 2.45) is 0 Å². The summed E-state index contributed by atoms with van der Waals surface area (Å²) in [6, 6.07) is 4.36. The molecular formula is C19H26N4O3S. The molecule has 1 saturated heterocycles. The third-order valence-electron chi connectivity index (χ3n) is 4.52. The number of nitrogens with one attached hydrogen (secondary N) is 4. The maximum Gasteiger partial charge on any atom is 0.340 e. The number of hydrogen-bond donors (Lipinski definition) is 4. The molecule has 0 aromatic carbocycles. The molecule has 3 rings (SSSR count). The number of carbonyl (C=O) groups is 2. The lowest BCUT2D eigenvalue weighted by molar-refractivity contribution is 0.0376. The zero-order valence-electron chi connectivity index (χ0n) is 16.2. The van der Waals surface area contributed by atoms with Crippen LogP contribution in [-0.2, 0) is 4.74 Å². The SMILES string of the molecule is Cc1ccc(C2CC(NC(=O)c3[nH]c(C)c(C(=O)OC(C)C)c3C)NN2)s1. The van der Waals surface area contributed by atoms with Crippen LogP contribution in [0, 0.1) is 20.8 Å². The van der Waals surface area contributed by atoms with Crippen molar-refractivity contribution in [2.45, 2.75) is 59.4 Å². The molecule has 2 unspecified atom stereocenters. The molecule has 0 bridgehead atoms. The molecule has 8 heteroatoms. The monoisotopic (exact) mass is 390 g/mol. The Morgan fingerprint density at radius 3 is 2.59 bits per heavy atom. The first kappa shape index (κ1) is 19.6. The van der Waals surface area contributed by atoms with Gasteiger partial charge in [0.1, 0.15) is 5.69 Å². The Morgan fingerprint density at radius 2 is 1.96 bits per heavy atom. The van der Waals surface area contributed by atoms with Crippen molar-refractivity contribution in [1.29, 1.82) is 0 Å². The van der Waals surface area contributed by atoms with Crippen molar-refractivity contribution in [1.82, 2.24) is 21.2 Å². The van der Waals surface area contributed by atoms with Gasteiger partial charge >= 0.3 is 5.97 Å². The molecule has 0 spiro atoms. The molecular weight excluding hydrogens is 364 g/mol. The van der Waals surface area contributed by atoms with Crippen LogP contribution in [0.25, 0.3) is 0 Å². The highest BCUT2D eigenvalue weighted by atomic mass is 32.1. The highest BCUT2D eigenvalue weighted by Crippen LogP contribution is 2.28. The lowest BCUT2D eigenvalue weighted by Gasteiger charge is -2.12. The van der Waals surface area contributed by atoms with E-state index in [2.05, 4.69) is 40.2 Å². The van der Waals surface area contributed by atoms with E-state index in [1.807, 2.05) is 0 Å².